The minimum absolute atomic E-state index is 0.170. The highest BCUT2D eigenvalue weighted by Crippen LogP contribution is 2.27. The molecule has 3 rings (SSSR count). The number of hydrogen-bond acceptors (Lipinski definition) is 4. The van der Waals surface area contributed by atoms with Crippen LogP contribution in [0.2, 0.25) is 0 Å². The molecule has 5 nitrogen and oxygen atoms in total. The summed E-state index contributed by atoms with van der Waals surface area (Å²) in [6.07, 6.45) is 0.626. The summed E-state index contributed by atoms with van der Waals surface area (Å²) in [7, 11) is 3.18. The lowest BCUT2D eigenvalue weighted by atomic mass is 9.98. The molecule has 0 unspecified atom stereocenters. The second-order valence-electron chi connectivity index (χ2n) is 6.44. The summed E-state index contributed by atoms with van der Waals surface area (Å²) in [4.78, 5) is 25.5. The van der Waals surface area contributed by atoms with Crippen LogP contribution in [0.4, 0.5) is 0 Å². The molecule has 0 heterocycles. The highest BCUT2D eigenvalue weighted by atomic mass is 16.5. The summed E-state index contributed by atoms with van der Waals surface area (Å²) in [6, 6.07) is 21.5. The number of ketones is 1. The van der Waals surface area contributed by atoms with Crippen LogP contribution in [0.1, 0.15) is 31.8 Å². The van der Waals surface area contributed by atoms with Crippen molar-refractivity contribution in [3.8, 4) is 11.5 Å². The largest absolute Gasteiger partial charge is 0.493 e. The van der Waals surface area contributed by atoms with Gasteiger partial charge in [-0.05, 0) is 30.2 Å². The lowest BCUT2D eigenvalue weighted by Gasteiger charge is -2.11. The van der Waals surface area contributed by atoms with Gasteiger partial charge in [-0.3, -0.25) is 9.59 Å². The van der Waals surface area contributed by atoms with Crippen LogP contribution in [0.5, 0.6) is 11.5 Å². The standard InChI is InChI=1S/C24H23NO4/c1-28-21-13-12-17(16-22(21)29-2)14-15-25-24(27)20-11-7-6-10-19(20)23(26)18-8-4-3-5-9-18/h3-13,16H,14-15H2,1-2H3,(H,25,27). The van der Waals surface area contributed by atoms with Crippen molar-refractivity contribution < 1.29 is 19.1 Å². The number of methoxy groups -OCH3 is 2. The molecule has 3 aromatic rings. The van der Waals surface area contributed by atoms with Gasteiger partial charge in [-0.2, -0.15) is 0 Å². The zero-order valence-electron chi connectivity index (χ0n) is 16.5. The van der Waals surface area contributed by atoms with Crippen LogP contribution in [-0.4, -0.2) is 32.5 Å². The van der Waals surface area contributed by atoms with E-state index in [-0.39, 0.29) is 11.7 Å². The number of benzene rings is 3. The number of rotatable bonds is 8. The molecule has 3 aromatic carbocycles. The van der Waals surface area contributed by atoms with Crippen molar-refractivity contribution >= 4 is 11.7 Å². The maximum Gasteiger partial charge on any atom is 0.252 e. The molecule has 0 radical (unpaired) electrons. The minimum atomic E-state index is -0.273. The lowest BCUT2D eigenvalue weighted by Crippen LogP contribution is -2.27. The molecule has 0 bridgehead atoms. The van der Waals surface area contributed by atoms with Crippen LogP contribution in [0.3, 0.4) is 0 Å². The van der Waals surface area contributed by atoms with Gasteiger partial charge in [-0.1, -0.05) is 54.6 Å². The topological polar surface area (TPSA) is 64.6 Å². The summed E-state index contributed by atoms with van der Waals surface area (Å²) >= 11 is 0. The van der Waals surface area contributed by atoms with Crippen molar-refractivity contribution in [3.05, 3.63) is 95.1 Å². The first kappa shape index (κ1) is 20.1. The van der Waals surface area contributed by atoms with E-state index in [2.05, 4.69) is 5.32 Å². The van der Waals surface area contributed by atoms with Gasteiger partial charge in [-0.25, -0.2) is 0 Å². The predicted molar refractivity (Wildman–Crippen MR) is 112 cm³/mol. The van der Waals surface area contributed by atoms with E-state index in [1.54, 1.807) is 62.8 Å². The van der Waals surface area contributed by atoms with Gasteiger partial charge in [0, 0.05) is 17.7 Å². The Morgan fingerprint density at radius 2 is 1.45 bits per heavy atom. The Balaban J connectivity index is 1.68. The molecule has 1 amide bonds. The number of carbonyl (C=O) groups is 2. The number of ether oxygens (including phenoxy) is 2. The Labute approximate surface area is 170 Å². The first-order valence-electron chi connectivity index (χ1n) is 9.32. The average molecular weight is 389 g/mol. The van der Waals surface area contributed by atoms with Crippen LogP contribution in [0.25, 0.3) is 0 Å². The number of amides is 1. The second kappa shape index (κ2) is 9.55. The van der Waals surface area contributed by atoms with Gasteiger partial charge in [0.15, 0.2) is 17.3 Å². The first-order chi connectivity index (χ1) is 14.1. The van der Waals surface area contributed by atoms with Crippen LogP contribution < -0.4 is 14.8 Å². The maximum absolute atomic E-state index is 12.8. The fourth-order valence-corrected chi connectivity index (χ4v) is 3.08. The second-order valence-corrected chi connectivity index (χ2v) is 6.44. The Morgan fingerprint density at radius 3 is 2.14 bits per heavy atom. The van der Waals surface area contributed by atoms with Crippen LogP contribution in [0, 0.1) is 0 Å². The Morgan fingerprint density at radius 1 is 0.793 bits per heavy atom. The quantitative estimate of drug-likeness (QED) is 0.594. The predicted octanol–water partition coefficient (Wildman–Crippen LogP) is 3.91. The van der Waals surface area contributed by atoms with Gasteiger partial charge in [-0.15, -0.1) is 0 Å². The number of carbonyl (C=O) groups excluding carboxylic acids is 2. The Hall–Kier alpha value is -3.60. The van der Waals surface area contributed by atoms with Crippen molar-refractivity contribution in [1.29, 1.82) is 0 Å². The molecule has 0 saturated carbocycles. The van der Waals surface area contributed by atoms with Crippen LogP contribution in [0.15, 0.2) is 72.8 Å². The molecular formula is C24H23NO4. The SMILES string of the molecule is COc1ccc(CCNC(=O)c2ccccc2C(=O)c2ccccc2)cc1OC. The Kier molecular flexibility index (Phi) is 6.63. The minimum Gasteiger partial charge on any atom is -0.493 e. The first-order valence-corrected chi connectivity index (χ1v) is 9.32. The highest BCUT2D eigenvalue weighted by Gasteiger charge is 2.17. The summed E-state index contributed by atoms with van der Waals surface area (Å²) in [5, 5.41) is 2.90. The normalized spacial score (nSPS) is 10.3. The summed E-state index contributed by atoms with van der Waals surface area (Å²) in [6.45, 7) is 0.433. The van der Waals surface area contributed by atoms with Crippen molar-refractivity contribution in [2.75, 3.05) is 20.8 Å². The molecule has 0 atom stereocenters. The van der Waals surface area contributed by atoms with E-state index < -0.39 is 0 Å². The third kappa shape index (κ3) is 4.82. The van der Waals surface area contributed by atoms with E-state index in [4.69, 9.17) is 9.47 Å². The third-order valence-corrected chi connectivity index (χ3v) is 4.60. The van der Waals surface area contributed by atoms with Crippen molar-refractivity contribution in [1.82, 2.24) is 5.32 Å². The van der Waals surface area contributed by atoms with Gasteiger partial charge in [0.1, 0.15) is 0 Å². The fourth-order valence-electron chi connectivity index (χ4n) is 3.08. The Bertz CT molecular complexity index is 999. The van der Waals surface area contributed by atoms with Gasteiger partial charge in [0.05, 0.1) is 19.8 Å². The third-order valence-electron chi connectivity index (χ3n) is 4.60. The average Bonchev–Trinajstić information content (AvgIpc) is 2.79. The summed E-state index contributed by atoms with van der Waals surface area (Å²) in [5.41, 5.74) is 2.32. The van der Waals surface area contributed by atoms with E-state index in [0.29, 0.717) is 41.2 Å². The van der Waals surface area contributed by atoms with Gasteiger partial charge >= 0.3 is 0 Å². The zero-order valence-corrected chi connectivity index (χ0v) is 16.5. The van der Waals surface area contributed by atoms with Crippen molar-refractivity contribution in [3.63, 3.8) is 0 Å². The summed E-state index contributed by atoms with van der Waals surface area (Å²) < 4.78 is 10.5. The number of nitrogens with one attached hydrogen (secondary N) is 1. The molecule has 0 spiro atoms. The molecule has 1 N–H and O–H groups in total. The van der Waals surface area contributed by atoms with Crippen molar-refractivity contribution in [2.24, 2.45) is 0 Å². The molecule has 0 saturated heterocycles. The smallest absolute Gasteiger partial charge is 0.252 e. The van der Waals surface area contributed by atoms with E-state index in [1.807, 2.05) is 24.3 Å². The molecular weight excluding hydrogens is 366 g/mol. The van der Waals surface area contributed by atoms with Crippen LogP contribution in [-0.2, 0) is 6.42 Å². The lowest BCUT2D eigenvalue weighted by molar-refractivity contribution is 0.0942. The van der Waals surface area contributed by atoms with Gasteiger partial charge in [0.2, 0.25) is 0 Å². The molecule has 0 fully saturated rings. The number of hydrogen-bond donors (Lipinski definition) is 1. The maximum atomic E-state index is 12.8. The molecule has 0 aliphatic heterocycles. The summed E-state index contributed by atoms with van der Waals surface area (Å²) in [5.74, 6) is 0.866. The molecule has 5 heteroatoms. The van der Waals surface area contributed by atoms with Gasteiger partial charge < -0.3 is 14.8 Å². The van der Waals surface area contributed by atoms with E-state index >= 15 is 0 Å². The molecule has 0 aromatic heterocycles. The molecule has 0 aliphatic rings. The fraction of sp³-hybridized carbons (Fsp3) is 0.167. The zero-order chi connectivity index (χ0) is 20.6. The molecule has 0 aliphatic carbocycles. The van der Waals surface area contributed by atoms with E-state index in [0.717, 1.165) is 5.56 Å². The molecule has 148 valence electrons. The highest BCUT2D eigenvalue weighted by molar-refractivity contribution is 6.15. The van der Waals surface area contributed by atoms with Gasteiger partial charge in [0.25, 0.3) is 5.91 Å². The van der Waals surface area contributed by atoms with E-state index in [9.17, 15) is 9.59 Å². The molecule has 29 heavy (non-hydrogen) atoms. The monoisotopic (exact) mass is 389 g/mol. The van der Waals surface area contributed by atoms with Crippen molar-refractivity contribution in [2.45, 2.75) is 6.42 Å². The van der Waals surface area contributed by atoms with Crippen LogP contribution >= 0.6 is 0 Å². The van der Waals surface area contributed by atoms with E-state index in [1.165, 1.54) is 0 Å².